The zero-order valence-corrected chi connectivity index (χ0v) is 10.5. The first-order valence-electron chi connectivity index (χ1n) is 6.23. The first-order chi connectivity index (χ1) is 8.25. The van der Waals surface area contributed by atoms with Crippen molar-refractivity contribution in [3.8, 4) is 5.69 Å². The van der Waals surface area contributed by atoms with Gasteiger partial charge < -0.3 is 9.88 Å². The van der Waals surface area contributed by atoms with E-state index in [1.54, 1.807) is 0 Å². The number of nitrogens with zero attached hydrogens (tertiary/aromatic N) is 1. The maximum atomic E-state index is 3.43. The van der Waals surface area contributed by atoms with Gasteiger partial charge in [-0.2, -0.15) is 0 Å². The molecule has 0 unspecified atom stereocenters. The first-order valence-corrected chi connectivity index (χ1v) is 6.23. The van der Waals surface area contributed by atoms with E-state index in [1.165, 1.54) is 28.2 Å². The molecule has 0 atom stereocenters. The average molecular weight is 226 g/mol. The maximum Gasteiger partial charge on any atom is 0.0458 e. The predicted molar refractivity (Wildman–Crippen MR) is 70.7 cm³/mol. The molecule has 2 nitrogen and oxygen atoms in total. The van der Waals surface area contributed by atoms with Gasteiger partial charge in [0.2, 0.25) is 0 Å². The van der Waals surface area contributed by atoms with Crippen molar-refractivity contribution in [3.05, 3.63) is 52.8 Å². The van der Waals surface area contributed by atoms with Gasteiger partial charge >= 0.3 is 0 Å². The standard InChI is InChI=1S/C15H18N2/c1-11-3-4-12(2)17(11)15-6-5-13-7-8-16-10-14(13)9-15/h3-6,9,16H,7-8,10H2,1-2H3. The van der Waals surface area contributed by atoms with Crippen molar-refractivity contribution in [1.82, 2.24) is 9.88 Å². The van der Waals surface area contributed by atoms with Gasteiger partial charge in [-0.25, -0.2) is 0 Å². The molecule has 0 saturated carbocycles. The van der Waals surface area contributed by atoms with Crippen molar-refractivity contribution < 1.29 is 0 Å². The fourth-order valence-corrected chi connectivity index (χ4v) is 2.68. The normalized spacial score (nSPS) is 14.7. The summed E-state index contributed by atoms with van der Waals surface area (Å²) in [5.74, 6) is 0. The van der Waals surface area contributed by atoms with Gasteiger partial charge in [0.1, 0.15) is 0 Å². The zero-order valence-electron chi connectivity index (χ0n) is 10.5. The van der Waals surface area contributed by atoms with Crippen molar-refractivity contribution in [2.45, 2.75) is 26.8 Å². The van der Waals surface area contributed by atoms with Crippen LogP contribution in [0.3, 0.4) is 0 Å². The number of hydrogen-bond acceptors (Lipinski definition) is 1. The number of rotatable bonds is 1. The summed E-state index contributed by atoms with van der Waals surface area (Å²) in [6.45, 7) is 6.42. The second kappa shape index (κ2) is 4.04. The Balaban J connectivity index is 2.10. The van der Waals surface area contributed by atoms with Crippen LogP contribution in [0.25, 0.3) is 5.69 Å². The molecule has 17 heavy (non-hydrogen) atoms. The summed E-state index contributed by atoms with van der Waals surface area (Å²) in [5.41, 5.74) is 6.82. The second-order valence-electron chi connectivity index (χ2n) is 4.83. The monoisotopic (exact) mass is 226 g/mol. The highest BCUT2D eigenvalue weighted by Gasteiger charge is 2.10. The highest BCUT2D eigenvalue weighted by Crippen LogP contribution is 2.21. The third kappa shape index (κ3) is 1.79. The topological polar surface area (TPSA) is 17.0 Å². The van der Waals surface area contributed by atoms with Crippen molar-refractivity contribution in [3.63, 3.8) is 0 Å². The molecule has 0 amide bonds. The van der Waals surface area contributed by atoms with E-state index in [-0.39, 0.29) is 0 Å². The molecule has 2 heterocycles. The largest absolute Gasteiger partial charge is 0.319 e. The third-order valence-corrected chi connectivity index (χ3v) is 3.61. The van der Waals surface area contributed by atoms with Gasteiger partial charge in [-0.3, -0.25) is 0 Å². The maximum absolute atomic E-state index is 3.43. The Hall–Kier alpha value is -1.54. The molecule has 1 N–H and O–H groups in total. The molecule has 2 heteroatoms. The summed E-state index contributed by atoms with van der Waals surface area (Å²) in [5, 5.41) is 3.43. The number of nitrogens with one attached hydrogen (secondary N) is 1. The van der Waals surface area contributed by atoms with E-state index < -0.39 is 0 Å². The number of fused-ring (bicyclic) bond motifs is 1. The van der Waals surface area contributed by atoms with Crippen LogP contribution in [0, 0.1) is 13.8 Å². The summed E-state index contributed by atoms with van der Waals surface area (Å²) in [6, 6.07) is 11.2. The molecule has 0 bridgehead atoms. The van der Waals surface area contributed by atoms with E-state index in [0.29, 0.717) is 0 Å². The number of hydrogen-bond donors (Lipinski definition) is 1. The molecule has 1 aromatic carbocycles. The lowest BCUT2D eigenvalue weighted by Crippen LogP contribution is -2.23. The molecule has 0 fully saturated rings. The zero-order chi connectivity index (χ0) is 11.8. The molecule has 2 aromatic rings. The Kier molecular flexibility index (Phi) is 2.52. The fourth-order valence-electron chi connectivity index (χ4n) is 2.68. The lowest BCUT2D eigenvalue weighted by atomic mass is 10.0. The van der Waals surface area contributed by atoms with Gasteiger partial charge in [0.25, 0.3) is 0 Å². The van der Waals surface area contributed by atoms with Crippen molar-refractivity contribution in [2.75, 3.05) is 6.54 Å². The predicted octanol–water partition coefficient (Wildman–Crippen LogP) is 2.74. The molecular weight excluding hydrogens is 208 g/mol. The number of benzene rings is 1. The van der Waals surface area contributed by atoms with Crippen LogP contribution in [0.1, 0.15) is 22.5 Å². The van der Waals surface area contributed by atoms with Gasteiger partial charge in [0, 0.05) is 23.6 Å². The van der Waals surface area contributed by atoms with Crippen LogP contribution in [0.5, 0.6) is 0 Å². The third-order valence-electron chi connectivity index (χ3n) is 3.61. The Labute approximate surface area is 102 Å². The fraction of sp³-hybridized carbons (Fsp3) is 0.333. The first kappa shape index (κ1) is 10.6. The van der Waals surface area contributed by atoms with E-state index in [9.17, 15) is 0 Å². The van der Waals surface area contributed by atoms with Crippen LogP contribution in [0.2, 0.25) is 0 Å². The minimum absolute atomic E-state index is 1.00. The highest BCUT2D eigenvalue weighted by molar-refractivity contribution is 5.44. The van der Waals surface area contributed by atoms with Crippen LogP contribution in [0.4, 0.5) is 0 Å². The van der Waals surface area contributed by atoms with Crippen molar-refractivity contribution in [1.29, 1.82) is 0 Å². The van der Waals surface area contributed by atoms with Crippen LogP contribution in [0.15, 0.2) is 30.3 Å². The Morgan fingerprint density at radius 2 is 1.76 bits per heavy atom. The van der Waals surface area contributed by atoms with Crippen molar-refractivity contribution >= 4 is 0 Å². The number of aryl methyl sites for hydroxylation is 2. The summed E-state index contributed by atoms with van der Waals surface area (Å²) in [4.78, 5) is 0. The number of aromatic nitrogens is 1. The van der Waals surface area contributed by atoms with Crippen LogP contribution >= 0.6 is 0 Å². The van der Waals surface area contributed by atoms with Gasteiger partial charge in [0.15, 0.2) is 0 Å². The average Bonchev–Trinajstić information content (AvgIpc) is 2.68. The van der Waals surface area contributed by atoms with Gasteiger partial charge in [0.05, 0.1) is 0 Å². The Bertz CT molecular complexity index is 533. The van der Waals surface area contributed by atoms with E-state index in [2.05, 4.69) is 54.1 Å². The van der Waals surface area contributed by atoms with Gasteiger partial charge in [-0.1, -0.05) is 6.07 Å². The minimum Gasteiger partial charge on any atom is -0.319 e. The van der Waals surface area contributed by atoms with E-state index in [1.807, 2.05) is 0 Å². The highest BCUT2D eigenvalue weighted by atomic mass is 15.0. The molecule has 0 spiro atoms. The van der Waals surface area contributed by atoms with E-state index in [0.717, 1.165) is 19.5 Å². The minimum atomic E-state index is 1.00. The molecule has 0 radical (unpaired) electrons. The van der Waals surface area contributed by atoms with E-state index >= 15 is 0 Å². The molecular formula is C15H18N2. The SMILES string of the molecule is Cc1ccc(C)n1-c1ccc2c(c1)CNCC2. The van der Waals surface area contributed by atoms with E-state index in [4.69, 9.17) is 0 Å². The molecule has 88 valence electrons. The second-order valence-corrected chi connectivity index (χ2v) is 4.83. The summed E-state index contributed by atoms with van der Waals surface area (Å²) in [7, 11) is 0. The van der Waals surface area contributed by atoms with Crippen LogP contribution in [-0.2, 0) is 13.0 Å². The summed E-state index contributed by atoms with van der Waals surface area (Å²) >= 11 is 0. The van der Waals surface area contributed by atoms with Gasteiger partial charge in [-0.15, -0.1) is 0 Å². The molecule has 3 rings (SSSR count). The lowest BCUT2D eigenvalue weighted by Gasteiger charge is -2.19. The lowest BCUT2D eigenvalue weighted by molar-refractivity contribution is 0.643. The van der Waals surface area contributed by atoms with Crippen LogP contribution in [-0.4, -0.2) is 11.1 Å². The molecule has 0 aliphatic carbocycles. The summed E-state index contributed by atoms with van der Waals surface area (Å²) < 4.78 is 2.31. The Morgan fingerprint density at radius 3 is 2.53 bits per heavy atom. The Morgan fingerprint density at radius 1 is 1.00 bits per heavy atom. The smallest absolute Gasteiger partial charge is 0.0458 e. The van der Waals surface area contributed by atoms with Gasteiger partial charge in [-0.05, 0) is 62.2 Å². The quantitative estimate of drug-likeness (QED) is 0.791. The molecule has 0 saturated heterocycles. The van der Waals surface area contributed by atoms with Crippen LogP contribution < -0.4 is 5.32 Å². The molecule has 1 aliphatic heterocycles. The molecule has 1 aliphatic rings. The summed E-state index contributed by atoms with van der Waals surface area (Å²) in [6.07, 6.45) is 1.15. The molecule has 1 aromatic heterocycles. The van der Waals surface area contributed by atoms with Crippen molar-refractivity contribution in [2.24, 2.45) is 0 Å².